The molecular weight excluding hydrogens is 518 g/mol. The van der Waals surface area contributed by atoms with Gasteiger partial charge in [0, 0.05) is 16.3 Å². The van der Waals surface area contributed by atoms with E-state index in [1.165, 1.54) is 29.5 Å². The molecule has 4 rings (SSSR count). The molecule has 1 N–H and O–H groups in total. The summed E-state index contributed by atoms with van der Waals surface area (Å²) in [5.74, 6) is 0.594. The minimum atomic E-state index is -0.284. The molecule has 0 radical (unpaired) electrons. The molecule has 0 spiro atoms. The van der Waals surface area contributed by atoms with Crippen LogP contribution in [0.25, 0.3) is 5.69 Å². The number of rotatable bonds is 10. The monoisotopic (exact) mass is 542 g/mol. The SMILES string of the molecule is CCCCc1ccc(C(=O)NCc2nnc(SCc3ccc(F)cc3)n2-c2ccc(Cl)cc2Cl)cc1. The Bertz CT molecular complexity index is 1330. The van der Waals surface area contributed by atoms with Gasteiger partial charge in [0.15, 0.2) is 11.0 Å². The highest BCUT2D eigenvalue weighted by atomic mass is 35.5. The second kappa shape index (κ2) is 12.4. The molecule has 0 aliphatic rings. The minimum absolute atomic E-state index is 0.152. The quantitative estimate of drug-likeness (QED) is 0.214. The van der Waals surface area contributed by atoms with Crippen LogP contribution in [-0.4, -0.2) is 20.7 Å². The topological polar surface area (TPSA) is 59.8 Å². The van der Waals surface area contributed by atoms with Crippen molar-refractivity contribution in [1.29, 1.82) is 0 Å². The Morgan fingerprint density at radius 2 is 1.72 bits per heavy atom. The number of aryl methyl sites for hydroxylation is 1. The van der Waals surface area contributed by atoms with E-state index in [1.807, 2.05) is 24.3 Å². The molecule has 1 amide bonds. The van der Waals surface area contributed by atoms with Crippen molar-refractivity contribution in [2.24, 2.45) is 0 Å². The average Bonchev–Trinajstić information content (AvgIpc) is 3.28. The first-order chi connectivity index (χ1) is 17.4. The van der Waals surface area contributed by atoms with Gasteiger partial charge in [0.05, 0.1) is 17.3 Å². The van der Waals surface area contributed by atoms with Gasteiger partial charge in [-0.25, -0.2) is 4.39 Å². The molecule has 0 aliphatic heterocycles. The van der Waals surface area contributed by atoms with Gasteiger partial charge in [-0.05, 0) is 66.4 Å². The largest absolute Gasteiger partial charge is 0.345 e. The van der Waals surface area contributed by atoms with E-state index in [9.17, 15) is 9.18 Å². The van der Waals surface area contributed by atoms with Crippen molar-refractivity contribution in [1.82, 2.24) is 20.1 Å². The number of nitrogens with zero attached hydrogens (tertiary/aromatic N) is 3. The first kappa shape index (κ1) is 26.2. The van der Waals surface area contributed by atoms with Crippen LogP contribution in [0.5, 0.6) is 0 Å². The maximum absolute atomic E-state index is 13.3. The second-order valence-corrected chi connectivity index (χ2v) is 10.0. The Labute approximate surface area is 224 Å². The highest BCUT2D eigenvalue weighted by Gasteiger charge is 2.18. The van der Waals surface area contributed by atoms with Gasteiger partial charge >= 0.3 is 0 Å². The van der Waals surface area contributed by atoms with Crippen molar-refractivity contribution in [3.8, 4) is 5.69 Å². The first-order valence-corrected chi connectivity index (χ1v) is 13.3. The van der Waals surface area contributed by atoms with Gasteiger partial charge in [0.2, 0.25) is 0 Å². The smallest absolute Gasteiger partial charge is 0.251 e. The Kier molecular flexibility index (Phi) is 9.02. The Balaban J connectivity index is 1.53. The molecule has 36 heavy (non-hydrogen) atoms. The lowest BCUT2D eigenvalue weighted by molar-refractivity contribution is 0.0949. The molecule has 0 fully saturated rings. The zero-order valence-corrected chi connectivity index (χ0v) is 22.0. The van der Waals surface area contributed by atoms with E-state index < -0.39 is 0 Å². The lowest BCUT2D eigenvalue weighted by atomic mass is 10.1. The van der Waals surface area contributed by atoms with Crippen molar-refractivity contribution >= 4 is 40.9 Å². The predicted octanol–water partition coefficient (Wildman–Crippen LogP) is 7.28. The molecule has 0 saturated heterocycles. The average molecular weight is 543 g/mol. The summed E-state index contributed by atoms with van der Waals surface area (Å²) in [6.07, 6.45) is 3.25. The molecule has 0 bridgehead atoms. The summed E-state index contributed by atoms with van der Waals surface area (Å²) in [6.45, 7) is 2.31. The molecule has 3 aromatic carbocycles. The molecular formula is C27H25Cl2FN4OS. The lowest BCUT2D eigenvalue weighted by Crippen LogP contribution is -2.24. The van der Waals surface area contributed by atoms with Crippen LogP contribution in [-0.2, 0) is 18.7 Å². The van der Waals surface area contributed by atoms with Crippen molar-refractivity contribution in [3.05, 3.63) is 105 Å². The number of unbranched alkanes of at least 4 members (excludes halogenated alkanes) is 1. The summed E-state index contributed by atoms with van der Waals surface area (Å²) in [7, 11) is 0. The number of carbonyl (C=O) groups is 1. The highest BCUT2D eigenvalue weighted by Crippen LogP contribution is 2.30. The minimum Gasteiger partial charge on any atom is -0.345 e. The van der Waals surface area contributed by atoms with E-state index >= 15 is 0 Å². The number of hydrogen-bond acceptors (Lipinski definition) is 4. The van der Waals surface area contributed by atoms with Crippen LogP contribution >= 0.6 is 35.0 Å². The molecule has 5 nitrogen and oxygen atoms in total. The van der Waals surface area contributed by atoms with Crippen LogP contribution in [0, 0.1) is 5.82 Å². The summed E-state index contributed by atoms with van der Waals surface area (Å²) >= 11 is 14.0. The highest BCUT2D eigenvalue weighted by molar-refractivity contribution is 7.98. The van der Waals surface area contributed by atoms with Gasteiger partial charge in [0.25, 0.3) is 5.91 Å². The third-order valence-corrected chi connectivity index (χ3v) is 7.11. The van der Waals surface area contributed by atoms with Crippen molar-refractivity contribution in [2.45, 2.75) is 43.6 Å². The van der Waals surface area contributed by atoms with E-state index in [0.717, 1.165) is 24.8 Å². The lowest BCUT2D eigenvalue weighted by Gasteiger charge is -2.13. The third-order valence-electron chi connectivity index (χ3n) is 5.57. The van der Waals surface area contributed by atoms with Crippen LogP contribution < -0.4 is 5.32 Å². The van der Waals surface area contributed by atoms with Gasteiger partial charge in [-0.2, -0.15) is 0 Å². The van der Waals surface area contributed by atoms with E-state index in [0.29, 0.717) is 38.0 Å². The van der Waals surface area contributed by atoms with Crippen molar-refractivity contribution in [3.63, 3.8) is 0 Å². The number of hydrogen-bond donors (Lipinski definition) is 1. The second-order valence-electron chi connectivity index (χ2n) is 8.23. The number of halogens is 3. The summed E-state index contributed by atoms with van der Waals surface area (Å²) in [5, 5.41) is 13.1. The zero-order chi connectivity index (χ0) is 25.5. The molecule has 0 atom stereocenters. The Hall–Kier alpha value is -2.87. The van der Waals surface area contributed by atoms with Gasteiger partial charge in [0.1, 0.15) is 5.82 Å². The molecule has 186 valence electrons. The molecule has 1 aromatic heterocycles. The molecule has 9 heteroatoms. The summed E-state index contributed by atoms with van der Waals surface area (Å²) in [4.78, 5) is 12.8. The molecule has 1 heterocycles. The fraction of sp³-hybridized carbons (Fsp3) is 0.222. The normalized spacial score (nSPS) is 11.0. The van der Waals surface area contributed by atoms with Crippen LogP contribution in [0.15, 0.2) is 71.9 Å². The number of carbonyl (C=O) groups excluding carboxylic acids is 1. The van der Waals surface area contributed by atoms with E-state index in [1.54, 1.807) is 34.9 Å². The van der Waals surface area contributed by atoms with Crippen LogP contribution in [0.2, 0.25) is 10.0 Å². The number of aromatic nitrogens is 3. The van der Waals surface area contributed by atoms with E-state index in [2.05, 4.69) is 22.4 Å². The van der Waals surface area contributed by atoms with E-state index in [-0.39, 0.29) is 18.3 Å². The number of thioether (sulfide) groups is 1. The van der Waals surface area contributed by atoms with Crippen LogP contribution in [0.1, 0.15) is 47.1 Å². The molecule has 0 aliphatic carbocycles. The first-order valence-electron chi connectivity index (χ1n) is 11.6. The van der Waals surface area contributed by atoms with Gasteiger partial charge in [-0.1, -0.05) is 72.6 Å². The standard InChI is InChI=1S/C27H25Cl2FN4OS/c1-2-3-4-18-5-9-20(10-6-18)26(35)31-16-25-32-33-27(36-17-19-7-12-22(30)13-8-19)34(25)24-14-11-21(28)15-23(24)29/h5-15H,2-4,16-17H2,1H3,(H,31,35). The summed E-state index contributed by atoms with van der Waals surface area (Å²) < 4.78 is 15.1. The molecule has 0 unspecified atom stereocenters. The number of benzene rings is 3. The Morgan fingerprint density at radius 1 is 1.00 bits per heavy atom. The molecule has 0 saturated carbocycles. The summed E-state index contributed by atoms with van der Waals surface area (Å²) in [5.41, 5.74) is 3.39. The van der Waals surface area contributed by atoms with Gasteiger partial charge in [-0.15, -0.1) is 10.2 Å². The Morgan fingerprint density at radius 3 is 2.42 bits per heavy atom. The maximum Gasteiger partial charge on any atom is 0.251 e. The van der Waals surface area contributed by atoms with Crippen molar-refractivity contribution < 1.29 is 9.18 Å². The van der Waals surface area contributed by atoms with Crippen molar-refractivity contribution in [2.75, 3.05) is 0 Å². The van der Waals surface area contributed by atoms with E-state index in [4.69, 9.17) is 23.2 Å². The third kappa shape index (κ3) is 6.66. The van der Waals surface area contributed by atoms with Crippen LogP contribution in [0.4, 0.5) is 4.39 Å². The predicted molar refractivity (Wildman–Crippen MR) is 144 cm³/mol. The zero-order valence-electron chi connectivity index (χ0n) is 19.7. The van der Waals surface area contributed by atoms with Gasteiger partial charge < -0.3 is 5.32 Å². The fourth-order valence-electron chi connectivity index (χ4n) is 3.61. The number of amides is 1. The molecule has 4 aromatic rings. The maximum atomic E-state index is 13.3. The number of nitrogens with one attached hydrogen (secondary N) is 1. The summed E-state index contributed by atoms with van der Waals surface area (Å²) in [6, 6.07) is 19.1. The fourth-order valence-corrected chi connectivity index (χ4v) is 5.02. The van der Waals surface area contributed by atoms with Gasteiger partial charge in [-0.3, -0.25) is 9.36 Å². The van der Waals surface area contributed by atoms with Crippen LogP contribution in [0.3, 0.4) is 0 Å².